The first-order valence-corrected chi connectivity index (χ1v) is 10.0. The van der Waals surface area contributed by atoms with Crippen molar-refractivity contribution in [2.45, 2.75) is 52.5 Å². The molecule has 2 N–H and O–H groups in total. The van der Waals surface area contributed by atoms with E-state index in [1.165, 1.54) is 25.9 Å². The van der Waals surface area contributed by atoms with Crippen LogP contribution in [0.1, 0.15) is 47.0 Å². The number of ether oxygens (including phenoxy) is 1. The van der Waals surface area contributed by atoms with E-state index in [2.05, 4.69) is 53.1 Å². The lowest BCUT2D eigenvalue weighted by molar-refractivity contribution is -0.00833. The van der Waals surface area contributed by atoms with Crippen LogP contribution in [0.5, 0.6) is 0 Å². The van der Waals surface area contributed by atoms with E-state index in [9.17, 15) is 0 Å². The maximum absolute atomic E-state index is 5.46. The highest BCUT2D eigenvalue weighted by atomic mass is 127. The average molecular weight is 483 g/mol. The van der Waals surface area contributed by atoms with E-state index in [0.29, 0.717) is 0 Å². The third-order valence-electron chi connectivity index (χ3n) is 4.80. The third kappa shape index (κ3) is 10.3. The van der Waals surface area contributed by atoms with Crippen molar-refractivity contribution >= 4 is 29.9 Å². The fourth-order valence-electron chi connectivity index (χ4n) is 3.28. The molecule has 1 rings (SSSR count). The Labute approximate surface area is 178 Å². The van der Waals surface area contributed by atoms with Crippen molar-refractivity contribution in [1.29, 1.82) is 0 Å². The highest BCUT2D eigenvalue weighted by Gasteiger charge is 2.28. The smallest absolute Gasteiger partial charge is 0.191 e. The maximum atomic E-state index is 5.46. The molecule has 26 heavy (non-hydrogen) atoms. The van der Waals surface area contributed by atoms with E-state index in [4.69, 9.17) is 4.74 Å². The molecule has 1 saturated heterocycles. The van der Waals surface area contributed by atoms with E-state index in [1.807, 2.05) is 7.05 Å². The Morgan fingerprint density at radius 3 is 2.23 bits per heavy atom. The van der Waals surface area contributed by atoms with Gasteiger partial charge in [0.15, 0.2) is 5.96 Å². The molecular formula is C19H42IN5O. The number of halogens is 1. The minimum Gasteiger partial charge on any atom is -0.379 e. The molecule has 1 aliphatic rings. The summed E-state index contributed by atoms with van der Waals surface area (Å²) >= 11 is 0. The van der Waals surface area contributed by atoms with Crippen molar-refractivity contribution in [2.75, 3.05) is 66.1 Å². The van der Waals surface area contributed by atoms with Crippen LogP contribution in [-0.4, -0.2) is 87.4 Å². The first kappa shape index (κ1) is 25.9. The standard InChI is InChI=1S/C19H41N5O.HI/c1-6-10-23(11-7-2)12-8-9-21-18(20-5)22-17-19(3,4)24-13-15-25-16-14-24;/h6-17H2,1-5H3,(H2,20,21,22);1H. The van der Waals surface area contributed by atoms with E-state index in [-0.39, 0.29) is 29.5 Å². The Morgan fingerprint density at radius 2 is 1.69 bits per heavy atom. The van der Waals surface area contributed by atoms with Crippen molar-refractivity contribution in [3.63, 3.8) is 0 Å². The number of hydrogen-bond acceptors (Lipinski definition) is 4. The van der Waals surface area contributed by atoms with Crippen LogP contribution in [0.3, 0.4) is 0 Å². The molecule has 0 unspecified atom stereocenters. The summed E-state index contributed by atoms with van der Waals surface area (Å²) in [5, 5.41) is 6.94. The lowest BCUT2D eigenvalue weighted by atomic mass is 10.0. The van der Waals surface area contributed by atoms with Gasteiger partial charge in [-0.3, -0.25) is 9.89 Å². The number of nitrogens with one attached hydrogen (secondary N) is 2. The molecule has 7 heteroatoms. The Kier molecular flexibility index (Phi) is 14.8. The quantitative estimate of drug-likeness (QED) is 0.205. The maximum Gasteiger partial charge on any atom is 0.191 e. The van der Waals surface area contributed by atoms with Gasteiger partial charge in [-0.2, -0.15) is 0 Å². The molecule has 0 spiro atoms. The van der Waals surface area contributed by atoms with Crippen molar-refractivity contribution in [3.8, 4) is 0 Å². The summed E-state index contributed by atoms with van der Waals surface area (Å²) in [6.07, 6.45) is 3.61. The number of morpholine rings is 1. The molecule has 0 aromatic heterocycles. The van der Waals surface area contributed by atoms with Crippen molar-refractivity contribution < 1.29 is 4.74 Å². The minimum atomic E-state index is 0. The summed E-state index contributed by atoms with van der Waals surface area (Å²) in [6, 6.07) is 0. The zero-order valence-electron chi connectivity index (χ0n) is 17.6. The molecule has 0 atom stereocenters. The average Bonchev–Trinajstić information content (AvgIpc) is 2.62. The zero-order chi connectivity index (χ0) is 18.5. The Hall–Kier alpha value is -0.120. The molecule has 156 valence electrons. The van der Waals surface area contributed by atoms with E-state index >= 15 is 0 Å². The second-order valence-electron chi connectivity index (χ2n) is 7.46. The Morgan fingerprint density at radius 1 is 1.08 bits per heavy atom. The topological polar surface area (TPSA) is 52.1 Å². The molecule has 0 radical (unpaired) electrons. The fraction of sp³-hybridized carbons (Fsp3) is 0.947. The van der Waals surface area contributed by atoms with Crippen LogP contribution in [0.25, 0.3) is 0 Å². The van der Waals surface area contributed by atoms with Crippen LogP contribution in [0.2, 0.25) is 0 Å². The van der Waals surface area contributed by atoms with Crippen LogP contribution in [-0.2, 0) is 4.74 Å². The first-order valence-electron chi connectivity index (χ1n) is 10.0. The van der Waals surface area contributed by atoms with Crippen molar-refractivity contribution in [1.82, 2.24) is 20.4 Å². The lowest BCUT2D eigenvalue weighted by Gasteiger charge is -2.41. The summed E-state index contributed by atoms with van der Waals surface area (Å²) < 4.78 is 5.46. The van der Waals surface area contributed by atoms with Gasteiger partial charge >= 0.3 is 0 Å². The molecule has 1 heterocycles. The van der Waals surface area contributed by atoms with E-state index in [0.717, 1.165) is 58.3 Å². The van der Waals surface area contributed by atoms with Crippen LogP contribution >= 0.6 is 24.0 Å². The molecule has 0 saturated carbocycles. The fourth-order valence-corrected chi connectivity index (χ4v) is 3.28. The number of rotatable bonds is 11. The largest absolute Gasteiger partial charge is 0.379 e. The van der Waals surface area contributed by atoms with Crippen LogP contribution in [0.15, 0.2) is 4.99 Å². The van der Waals surface area contributed by atoms with Gasteiger partial charge in [0, 0.05) is 38.8 Å². The summed E-state index contributed by atoms with van der Waals surface area (Å²) in [6.45, 7) is 18.2. The van der Waals surface area contributed by atoms with Crippen LogP contribution in [0, 0.1) is 0 Å². The highest BCUT2D eigenvalue weighted by Crippen LogP contribution is 2.14. The van der Waals surface area contributed by atoms with E-state index < -0.39 is 0 Å². The summed E-state index contributed by atoms with van der Waals surface area (Å²) in [5.41, 5.74) is 0.0977. The number of aliphatic imine (C=N–C) groups is 1. The molecule has 0 amide bonds. The first-order chi connectivity index (χ1) is 12.0. The van der Waals surface area contributed by atoms with Gasteiger partial charge in [-0.05, 0) is 52.7 Å². The number of guanidine groups is 1. The van der Waals surface area contributed by atoms with Crippen LogP contribution in [0.4, 0.5) is 0 Å². The molecule has 6 nitrogen and oxygen atoms in total. The monoisotopic (exact) mass is 483 g/mol. The van der Waals surface area contributed by atoms with E-state index in [1.54, 1.807) is 0 Å². The van der Waals surface area contributed by atoms with Crippen LogP contribution < -0.4 is 10.6 Å². The summed E-state index contributed by atoms with van der Waals surface area (Å²) in [7, 11) is 1.84. The minimum absolute atomic E-state index is 0. The van der Waals surface area contributed by atoms with Gasteiger partial charge in [-0.15, -0.1) is 24.0 Å². The Balaban J connectivity index is 0.00000625. The summed E-state index contributed by atoms with van der Waals surface area (Å²) in [5.74, 6) is 0.902. The molecule has 0 aliphatic carbocycles. The molecule has 1 fully saturated rings. The predicted octanol–water partition coefficient (Wildman–Crippen LogP) is 2.39. The molecule has 1 aliphatic heterocycles. The van der Waals surface area contributed by atoms with Gasteiger partial charge in [0.25, 0.3) is 0 Å². The SMILES string of the molecule is CCCN(CCC)CCCNC(=NC)NCC(C)(C)N1CCOCC1.I. The van der Waals surface area contributed by atoms with Gasteiger partial charge in [0.1, 0.15) is 0 Å². The molecule has 0 aromatic carbocycles. The third-order valence-corrected chi connectivity index (χ3v) is 4.80. The molecule has 0 aromatic rings. The lowest BCUT2D eigenvalue weighted by Crippen LogP contribution is -2.56. The second-order valence-corrected chi connectivity index (χ2v) is 7.46. The van der Waals surface area contributed by atoms with Gasteiger partial charge in [-0.1, -0.05) is 13.8 Å². The summed E-state index contributed by atoms with van der Waals surface area (Å²) in [4.78, 5) is 9.41. The molecule has 0 bridgehead atoms. The Bertz CT molecular complexity index is 367. The predicted molar refractivity (Wildman–Crippen MR) is 123 cm³/mol. The van der Waals surface area contributed by atoms with Crippen molar-refractivity contribution in [3.05, 3.63) is 0 Å². The normalized spacial score (nSPS) is 16.5. The van der Waals surface area contributed by atoms with Gasteiger partial charge < -0.3 is 20.3 Å². The van der Waals surface area contributed by atoms with Gasteiger partial charge in [-0.25, -0.2) is 0 Å². The number of hydrogen-bond donors (Lipinski definition) is 2. The zero-order valence-corrected chi connectivity index (χ0v) is 20.0. The van der Waals surface area contributed by atoms with Gasteiger partial charge in [0.05, 0.1) is 13.2 Å². The van der Waals surface area contributed by atoms with Crippen molar-refractivity contribution in [2.24, 2.45) is 4.99 Å². The van der Waals surface area contributed by atoms with Gasteiger partial charge in [0.2, 0.25) is 0 Å². The second kappa shape index (κ2) is 14.9. The number of nitrogens with zero attached hydrogens (tertiary/aromatic N) is 3. The highest BCUT2D eigenvalue weighted by molar-refractivity contribution is 14.0. The molecular weight excluding hydrogens is 441 g/mol.